The fourth-order valence-electron chi connectivity index (χ4n) is 5.07. The topological polar surface area (TPSA) is 117 Å². The van der Waals surface area contributed by atoms with Gasteiger partial charge < -0.3 is 4.74 Å². The molecule has 0 saturated heterocycles. The van der Waals surface area contributed by atoms with E-state index in [2.05, 4.69) is 0 Å². The van der Waals surface area contributed by atoms with Gasteiger partial charge in [-0.25, -0.2) is 13.8 Å². The largest absolute Gasteiger partial charge is 0.465 e. The Morgan fingerprint density at radius 1 is 0.977 bits per heavy atom. The average molecular weight is 617 g/mol. The lowest BCUT2D eigenvalue weighted by Crippen LogP contribution is -2.42. The minimum atomic E-state index is -0.778. The number of nitro groups is 1. The van der Waals surface area contributed by atoms with Crippen molar-refractivity contribution in [3.8, 4) is 10.4 Å². The predicted octanol–water partition coefficient (Wildman–Crippen LogP) is 5.18. The van der Waals surface area contributed by atoms with Gasteiger partial charge in [0.05, 0.1) is 23.5 Å². The third kappa shape index (κ3) is 6.36. The number of carbonyl (C=O) groups excluding carboxylic acids is 1. The maximum Gasteiger partial charge on any atom is 0.332 e. The second-order valence-electron chi connectivity index (χ2n) is 10.2. The number of hydrogen-bond acceptors (Lipinski definition) is 8. The molecular formula is C32H29FN4O6S. The maximum absolute atomic E-state index is 14.8. The van der Waals surface area contributed by atoms with Gasteiger partial charge in [0.1, 0.15) is 17.2 Å². The molecule has 3 aromatic carbocycles. The first-order valence-corrected chi connectivity index (χ1v) is 14.6. The van der Waals surface area contributed by atoms with Gasteiger partial charge in [0.15, 0.2) is 0 Å². The molecule has 44 heavy (non-hydrogen) atoms. The number of aromatic nitrogens is 2. The Bertz CT molecular complexity index is 1950. The Balaban J connectivity index is 1.76. The first-order valence-electron chi connectivity index (χ1n) is 13.8. The molecule has 0 atom stereocenters. The lowest BCUT2D eigenvalue weighted by atomic mass is 10.1. The van der Waals surface area contributed by atoms with Crippen molar-refractivity contribution in [1.82, 2.24) is 14.0 Å². The molecule has 10 nitrogen and oxygen atoms in total. The monoisotopic (exact) mass is 616 g/mol. The van der Waals surface area contributed by atoms with Crippen molar-refractivity contribution < 1.29 is 18.8 Å². The average Bonchev–Trinajstić information content (AvgIpc) is 3.37. The van der Waals surface area contributed by atoms with Crippen LogP contribution in [0.1, 0.15) is 23.6 Å². The fourth-order valence-corrected chi connectivity index (χ4v) is 6.37. The van der Waals surface area contributed by atoms with Gasteiger partial charge >= 0.3 is 11.7 Å². The number of thiophene rings is 1. The lowest BCUT2D eigenvalue weighted by molar-refractivity contribution is -0.384. The molecule has 0 fully saturated rings. The molecule has 0 saturated carbocycles. The van der Waals surface area contributed by atoms with Gasteiger partial charge in [-0.3, -0.25) is 29.2 Å². The minimum absolute atomic E-state index is 0.0670. The highest BCUT2D eigenvalue weighted by atomic mass is 32.1. The van der Waals surface area contributed by atoms with Crippen molar-refractivity contribution in [3.63, 3.8) is 0 Å². The number of benzene rings is 3. The van der Waals surface area contributed by atoms with Crippen molar-refractivity contribution in [1.29, 1.82) is 0 Å². The van der Waals surface area contributed by atoms with E-state index in [9.17, 15) is 28.9 Å². The highest BCUT2D eigenvalue weighted by molar-refractivity contribution is 7.22. The fraction of sp³-hybridized carbons (Fsp3) is 0.219. The van der Waals surface area contributed by atoms with E-state index in [0.717, 1.165) is 10.1 Å². The van der Waals surface area contributed by atoms with E-state index < -0.39 is 34.5 Å². The zero-order valence-electron chi connectivity index (χ0n) is 24.1. The standard InChI is InChI=1S/C32H29FN4O6S/c1-3-43-27(38)20-35-30(39)28-25(19-34(2)17-21-9-5-4-6-10-21)29(22-13-15-24(16-14-22)37(41)42)44-31(28)36(32(35)40)18-23-11-7-8-12-26(23)33/h4-16H,3,17-20H2,1-2H3. The number of non-ortho nitro benzene ring substituents is 1. The summed E-state index contributed by atoms with van der Waals surface area (Å²) in [6, 6.07) is 21.7. The molecule has 5 rings (SSSR count). The van der Waals surface area contributed by atoms with Crippen molar-refractivity contribution in [2.45, 2.75) is 33.1 Å². The van der Waals surface area contributed by atoms with E-state index in [0.29, 0.717) is 27.4 Å². The third-order valence-electron chi connectivity index (χ3n) is 7.10. The molecule has 5 aromatic rings. The van der Waals surface area contributed by atoms with Gasteiger partial charge in [0.25, 0.3) is 11.2 Å². The Hall–Kier alpha value is -4.94. The van der Waals surface area contributed by atoms with Gasteiger partial charge in [0, 0.05) is 35.7 Å². The molecule has 0 aliphatic heterocycles. The van der Waals surface area contributed by atoms with Crippen LogP contribution in [0.15, 0.2) is 88.5 Å². The molecule has 0 aliphatic carbocycles. The molecule has 0 unspecified atom stereocenters. The summed E-state index contributed by atoms with van der Waals surface area (Å²) >= 11 is 1.17. The van der Waals surface area contributed by atoms with Crippen molar-refractivity contribution >= 4 is 33.2 Å². The van der Waals surface area contributed by atoms with Crippen molar-refractivity contribution in [2.75, 3.05) is 13.7 Å². The van der Waals surface area contributed by atoms with Gasteiger partial charge in [-0.15, -0.1) is 11.3 Å². The summed E-state index contributed by atoms with van der Waals surface area (Å²) in [6.07, 6.45) is 0. The summed E-state index contributed by atoms with van der Waals surface area (Å²) in [7, 11) is 1.89. The van der Waals surface area contributed by atoms with Gasteiger partial charge in [-0.05, 0) is 48.9 Å². The molecule has 12 heteroatoms. The van der Waals surface area contributed by atoms with Crippen LogP contribution in [0, 0.1) is 15.9 Å². The van der Waals surface area contributed by atoms with Crippen LogP contribution < -0.4 is 11.2 Å². The third-order valence-corrected chi connectivity index (χ3v) is 8.40. The summed E-state index contributed by atoms with van der Waals surface area (Å²) in [5, 5.41) is 11.5. The quantitative estimate of drug-likeness (QED) is 0.114. The van der Waals surface area contributed by atoms with E-state index in [1.165, 1.54) is 40.2 Å². The molecular weight excluding hydrogens is 587 g/mol. The smallest absolute Gasteiger partial charge is 0.332 e. The molecule has 226 valence electrons. The summed E-state index contributed by atoms with van der Waals surface area (Å²) in [6.45, 7) is 1.71. The van der Waals surface area contributed by atoms with Gasteiger partial charge in [-0.2, -0.15) is 0 Å². The Morgan fingerprint density at radius 3 is 2.32 bits per heavy atom. The molecule has 0 N–H and O–H groups in total. The van der Waals surface area contributed by atoms with Gasteiger partial charge in [0.2, 0.25) is 0 Å². The van der Waals surface area contributed by atoms with E-state index >= 15 is 0 Å². The van der Waals surface area contributed by atoms with Crippen molar-refractivity contribution in [3.05, 3.63) is 132 Å². The molecule has 0 bridgehead atoms. The normalized spacial score (nSPS) is 11.3. The maximum atomic E-state index is 14.8. The number of nitro benzene ring substituents is 1. The SMILES string of the molecule is CCOC(=O)Cn1c(=O)c2c(CN(C)Cc3ccccc3)c(-c3ccc([N+](=O)[O-])cc3)sc2n(Cc2ccccc2F)c1=O. The number of rotatable bonds is 11. The van der Waals surface area contributed by atoms with E-state index in [1.807, 2.05) is 42.3 Å². The van der Waals surface area contributed by atoms with Crippen LogP contribution in [0.5, 0.6) is 0 Å². The number of nitrogens with zero attached hydrogens (tertiary/aromatic N) is 4. The first kappa shape index (κ1) is 30.5. The number of fused-ring (bicyclic) bond motifs is 1. The molecule has 0 aliphatic rings. The molecule has 2 heterocycles. The molecule has 0 radical (unpaired) electrons. The summed E-state index contributed by atoms with van der Waals surface area (Å²) in [5.41, 5.74) is 0.928. The molecule has 0 spiro atoms. The summed E-state index contributed by atoms with van der Waals surface area (Å²) in [4.78, 5) is 54.2. The lowest BCUT2D eigenvalue weighted by Gasteiger charge is -2.18. The van der Waals surface area contributed by atoms with Crippen LogP contribution in [-0.2, 0) is 35.7 Å². The number of esters is 1. The van der Waals surface area contributed by atoms with Crippen LogP contribution in [0.3, 0.4) is 0 Å². The van der Waals surface area contributed by atoms with Crippen LogP contribution >= 0.6 is 11.3 Å². The molecule has 0 amide bonds. The highest BCUT2D eigenvalue weighted by Crippen LogP contribution is 2.38. The number of carbonyl (C=O) groups is 1. The number of hydrogen-bond donors (Lipinski definition) is 0. The zero-order chi connectivity index (χ0) is 31.4. The Morgan fingerprint density at radius 2 is 1.66 bits per heavy atom. The van der Waals surface area contributed by atoms with E-state index in [1.54, 1.807) is 31.2 Å². The van der Waals surface area contributed by atoms with Crippen molar-refractivity contribution in [2.24, 2.45) is 0 Å². The predicted molar refractivity (Wildman–Crippen MR) is 166 cm³/mol. The summed E-state index contributed by atoms with van der Waals surface area (Å²) in [5.74, 6) is -1.28. The highest BCUT2D eigenvalue weighted by Gasteiger charge is 2.25. The number of ether oxygens (including phenoxy) is 1. The van der Waals surface area contributed by atoms with Gasteiger partial charge in [-0.1, -0.05) is 48.5 Å². The second kappa shape index (κ2) is 13.1. The summed E-state index contributed by atoms with van der Waals surface area (Å²) < 4.78 is 22.0. The Kier molecular flexibility index (Phi) is 9.12. The minimum Gasteiger partial charge on any atom is -0.465 e. The van der Waals surface area contributed by atoms with Crippen LogP contribution in [0.4, 0.5) is 10.1 Å². The Labute approximate surface area is 255 Å². The van der Waals surface area contributed by atoms with E-state index in [-0.39, 0.29) is 36.3 Å². The second-order valence-corrected chi connectivity index (χ2v) is 11.2. The zero-order valence-corrected chi connectivity index (χ0v) is 24.9. The van der Waals surface area contributed by atoms with E-state index in [4.69, 9.17) is 4.74 Å². The first-order chi connectivity index (χ1) is 21.2. The van der Waals surface area contributed by atoms with Crippen LogP contribution in [0.2, 0.25) is 0 Å². The van der Waals surface area contributed by atoms with Crippen LogP contribution in [-0.4, -0.2) is 38.6 Å². The molecule has 2 aromatic heterocycles. The van der Waals surface area contributed by atoms with Crippen LogP contribution in [0.25, 0.3) is 20.7 Å². The number of halogens is 1.